The monoisotopic (exact) mass is 487 g/mol. The van der Waals surface area contributed by atoms with Crippen LogP contribution in [0, 0.1) is 0 Å². The summed E-state index contributed by atoms with van der Waals surface area (Å²) < 4.78 is 5.48. The van der Waals surface area contributed by atoms with Gasteiger partial charge < -0.3 is 15.0 Å². The number of amidine groups is 1. The Morgan fingerprint density at radius 2 is 1.94 bits per heavy atom. The Labute approximate surface area is 203 Å². The zero-order valence-electron chi connectivity index (χ0n) is 18.8. The molecule has 1 aliphatic carbocycles. The normalized spacial score (nSPS) is 25.4. The quantitative estimate of drug-likeness (QED) is 0.690. The van der Waals surface area contributed by atoms with Gasteiger partial charge in [-0.1, -0.05) is 34.8 Å². The van der Waals surface area contributed by atoms with Gasteiger partial charge in [-0.15, -0.1) is 0 Å². The molecule has 3 aliphatic heterocycles. The van der Waals surface area contributed by atoms with Crippen molar-refractivity contribution in [3.8, 4) is 0 Å². The Morgan fingerprint density at radius 1 is 1.21 bits per heavy atom. The molecule has 0 aromatic heterocycles. The molecule has 7 nitrogen and oxygen atoms in total. The highest BCUT2D eigenvalue weighted by Crippen LogP contribution is 2.47. The average Bonchev–Trinajstić information content (AvgIpc) is 3.05. The number of allylic oxidation sites excluding steroid dienone is 1. The van der Waals surface area contributed by atoms with E-state index in [0.29, 0.717) is 40.4 Å². The van der Waals surface area contributed by atoms with E-state index in [4.69, 9.17) is 37.9 Å². The predicted molar refractivity (Wildman–Crippen MR) is 132 cm³/mol. The zero-order valence-corrected chi connectivity index (χ0v) is 20.3. The lowest BCUT2D eigenvalue weighted by molar-refractivity contribution is -0.120. The molecule has 0 amide bonds. The highest BCUT2D eigenvalue weighted by molar-refractivity contribution is 6.40. The summed E-state index contributed by atoms with van der Waals surface area (Å²) in [5.74, 6) is 1.40. The Morgan fingerprint density at radius 3 is 2.67 bits per heavy atom. The van der Waals surface area contributed by atoms with Crippen LogP contribution in [0.2, 0.25) is 10.0 Å². The van der Waals surface area contributed by atoms with Crippen LogP contribution >= 0.6 is 23.2 Å². The lowest BCUT2D eigenvalue weighted by Gasteiger charge is -2.44. The van der Waals surface area contributed by atoms with Crippen molar-refractivity contribution in [3.05, 3.63) is 51.2 Å². The average molecular weight is 488 g/mol. The molecular formula is C24H27Cl2N5O2. The number of rotatable bonds is 4. The summed E-state index contributed by atoms with van der Waals surface area (Å²) in [7, 11) is 1.95. The van der Waals surface area contributed by atoms with Crippen molar-refractivity contribution >= 4 is 46.5 Å². The number of guanidine groups is 1. The van der Waals surface area contributed by atoms with Gasteiger partial charge in [0.1, 0.15) is 11.3 Å². The fraction of sp³-hybridized carbons (Fsp3) is 0.458. The standard InChI is InChI=1S/C24H27Cl2N5O2/c1-15-12-17(32)13-24-20(15)16(6-7-31-8-10-33-11-9-31)14-27-22(24)29-23(30(24)2)28-21-18(25)4-3-5-19(21)26/h3-5,14H,6-13H2,1-2H3,(H,27,28,29). The molecule has 4 aliphatic rings. The second kappa shape index (κ2) is 8.87. The Balaban J connectivity index is 1.49. The van der Waals surface area contributed by atoms with Gasteiger partial charge in [0, 0.05) is 45.7 Å². The van der Waals surface area contributed by atoms with E-state index in [1.54, 1.807) is 18.2 Å². The number of morpholine rings is 1. The number of para-hydroxylation sites is 1. The molecule has 3 heterocycles. The number of anilines is 1. The lowest BCUT2D eigenvalue weighted by atomic mass is 9.70. The van der Waals surface area contributed by atoms with Gasteiger partial charge >= 0.3 is 0 Å². The molecule has 1 aromatic rings. The second-order valence-electron chi connectivity index (χ2n) is 8.93. The van der Waals surface area contributed by atoms with Crippen molar-refractivity contribution < 1.29 is 9.53 Å². The molecule has 1 N–H and O–H groups in total. The summed E-state index contributed by atoms with van der Waals surface area (Å²) >= 11 is 12.8. The van der Waals surface area contributed by atoms with E-state index < -0.39 is 5.54 Å². The number of nitrogens with one attached hydrogen (secondary N) is 1. The summed E-state index contributed by atoms with van der Waals surface area (Å²) in [5.41, 5.74) is 3.32. The van der Waals surface area contributed by atoms with E-state index >= 15 is 0 Å². The molecule has 174 valence electrons. The number of hydrogen-bond acceptors (Lipinski definition) is 7. The van der Waals surface area contributed by atoms with Gasteiger partial charge in [-0.3, -0.25) is 9.69 Å². The highest BCUT2D eigenvalue weighted by Gasteiger charge is 2.55. The maximum Gasteiger partial charge on any atom is 0.205 e. The highest BCUT2D eigenvalue weighted by atomic mass is 35.5. The molecule has 33 heavy (non-hydrogen) atoms. The molecule has 0 radical (unpaired) electrons. The third kappa shape index (κ3) is 3.91. The largest absolute Gasteiger partial charge is 0.379 e. The van der Waals surface area contributed by atoms with Gasteiger partial charge in [-0.2, -0.15) is 4.99 Å². The van der Waals surface area contributed by atoms with Crippen LogP contribution in [0.3, 0.4) is 0 Å². The maximum atomic E-state index is 12.8. The van der Waals surface area contributed by atoms with Gasteiger partial charge in [0.15, 0.2) is 5.84 Å². The molecule has 9 heteroatoms. The van der Waals surface area contributed by atoms with Crippen LogP contribution in [0.15, 0.2) is 51.1 Å². The molecule has 1 spiro atoms. The molecule has 1 fully saturated rings. The van der Waals surface area contributed by atoms with E-state index in [9.17, 15) is 4.79 Å². The van der Waals surface area contributed by atoms with Crippen molar-refractivity contribution in [1.29, 1.82) is 0 Å². The molecule has 0 saturated carbocycles. The Hall–Kier alpha value is -2.19. The number of Topliss-reactive ketones (excluding diaryl/α,β-unsaturated/α-hetero) is 1. The topological polar surface area (TPSA) is 69.5 Å². The maximum absolute atomic E-state index is 12.8. The summed E-state index contributed by atoms with van der Waals surface area (Å²) in [6.45, 7) is 6.43. The second-order valence-corrected chi connectivity index (χ2v) is 9.75. The number of carbonyl (C=O) groups excluding carboxylic acids is 1. The summed E-state index contributed by atoms with van der Waals surface area (Å²) in [6.07, 6.45) is 3.61. The van der Waals surface area contributed by atoms with E-state index in [-0.39, 0.29) is 5.78 Å². The number of carbonyl (C=O) groups is 1. The number of benzene rings is 1. The fourth-order valence-electron chi connectivity index (χ4n) is 5.26. The third-order valence-electron chi connectivity index (χ3n) is 6.89. The molecule has 5 rings (SSSR count). The van der Waals surface area contributed by atoms with Crippen LogP contribution in [0.5, 0.6) is 0 Å². The smallest absolute Gasteiger partial charge is 0.205 e. The number of nitrogens with zero attached hydrogens (tertiary/aromatic N) is 4. The minimum Gasteiger partial charge on any atom is -0.379 e. The summed E-state index contributed by atoms with van der Waals surface area (Å²) in [5, 5.41) is 4.30. The van der Waals surface area contributed by atoms with Crippen molar-refractivity contribution in [1.82, 2.24) is 9.80 Å². The van der Waals surface area contributed by atoms with Crippen LogP contribution in [-0.4, -0.2) is 72.8 Å². The van der Waals surface area contributed by atoms with Gasteiger partial charge in [0.25, 0.3) is 0 Å². The van der Waals surface area contributed by atoms with Gasteiger partial charge in [-0.25, -0.2) is 4.99 Å². The van der Waals surface area contributed by atoms with E-state index in [2.05, 4.69) is 17.1 Å². The lowest BCUT2D eigenvalue weighted by Crippen LogP contribution is -2.56. The zero-order chi connectivity index (χ0) is 23.2. The van der Waals surface area contributed by atoms with Gasteiger partial charge in [-0.05, 0) is 36.6 Å². The van der Waals surface area contributed by atoms with Crippen LogP contribution < -0.4 is 5.32 Å². The van der Waals surface area contributed by atoms with Crippen LogP contribution in [0.25, 0.3) is 0 Å². The minimum absolute atomic E-state index is 0.192. The van der Waals surface area contributed by atoms with E-state index in [1.165, 1.54) is 11.1 Å². The molecule has 1 unspecified atom stereocenters. The van der Waals surface area contributed by atoms with Gasteiger partial charge in [0.2, 0.25) is 5.96 Å². The molecule has 1 atom stereocenters. The van der Waals surface area contributed by atoms with Crippen LogP contribution in [-0.2, 0) is 9.53 Å². The van der Waals surface area contributed by atoms with Crippen LogP contribution in [0.1, 0.15) is 26.2 Å². The van der Waals surface area contributed by atoms with Crippen molar-refractivity contribution in [2.45, 2.75) is 31.7 Å². The Bertz CT molecular complexity index is 1100. The number of halogens is 2. The van der Waals surface area contributed by atoms with Gasteiger partial charge in [0.05, 0.1) is 28.9 Å². The van der Waals surface area contributed by atoms with Crippen molar-refractivity contribution in [2.24, 2.45) is 9.98 Å². The van der Waals surface area contributed by atoms with Crippen molar-refractivity contribution in [3.63, 3.8) is 0 Å². The first-order valence-corrected chi connectivity index (χ1v) is 12.0. The number of aliphatic imine (C=N–C) groups is 2. The fourth-order valence-corrected chi connectivity index (χ4v) is 5.75. The first-order chi connectivity index (χ1) is 15.9. The molecular weight excluding hydrogens is 461 g/mol. The van der Waals surface area contributed by atoms with Crippen molar-refractivity contribution in [2.75, 3.05) is 45.2 Å². The number of hydrogen-bond donors (Lipinski definition) is 1. The molecule has 1 saturated heterocycles. The summed E-state index contributed by atoms with van der Waals surface area (Å²) in [6, 6.07) is 5.35. The molecule has 1 aromatic carbocycles. The number of likely N-dealkylation sites (N-methyl/N-ethyl adjacent to an activating group) is 1. The SMILES string of the molecule is CC1=C2C(CCN3CCOCC3)=CN=C3N=C(Nc4c(Cl)cccc4Cl)N(C)C32CC(=O)C1. The predicted octanol–water partition coefficient (Wildman–Crippen LogP) is 4.14. The first kappa shape index (κ1) is 22.6. The Kier molecular flexibility index (Phi) is 6.07. The van der Waals surface area contributed by atoms with Crippen LogP contribution in [0.4, 0.5) is 5.69 Å². The number of ketones is 1. The summed E-state index contributed by atoms with van der Waals surface area (Å²) in [4.78, 5) is 26.8. The third-order valence-corrected chi connectivity index (χ3v) is 7.52. The van der Waals surface area contributed by atoms with E-state index in [1.807, 2.05) is 18.1 Å². The van der Waals surface area contributed by atoms with E-state index in [0.717, 1.165) is 44.8 Å². The minimum atomic E-state index is -0.704. The molecule has 0 bridgehead atoms. The number of ether oxygens (including phenoxy) is 1. The first-order valence-electron chi connectivity index (χ1n) is 11.2.